The van der Waals surface area contributed by atoms with Crippen LogP contribution in [0.25, 0.3) is 0 Å². The molecule has 137 valence electrons. The van der Waals surface area contributed by atoms with Crippen molar-refractivity contribution >= 4 is 30.5 Å². The zero-order valence-corrected chi connectivity index (χ0v) is 20.7. The van der Waals surface area contributed by atoms with E-state index in [9.17, 15) is 4.79 Å². The van der Waals surface area contributed by atoms with Crippen molar-refractivity contribution in [1.82, 2.24) is 0 Å². The summed E-state index contributed by atoms with van der Waals surface area (Å²) in [6.45, 7) is 8.56. The second-order valence-electron chi connectivity index (χ2n) is 7.25. The van der Waals surface area contributed by atoms with Gasteiger partial charge in [-0.15, -0.1) is 0 Å². The number of aryl methyl sites for hydroxylation is 2. The van der Waals surface area contributed by atoms with Crippen molar-refractivity contribution in [2.45, 2.75) is 65.5 Å². The summed E-state index contributed by atoms with van der Waals surface area (Å²) in [4.78, 5) is 13.2. The zero-order valence-electron chi connectivity index (χ0n) is 16.2. The molecular formula is C20H32ClNOPY+. The SMILES string of the molecule is CCCC(C(=O)Nc1c(C)cc(Cl)cc1C)[P+]1(CC)CCCCC1.[Y]. The summed E-state index contributed by atoms with van der Waals surface area (Å²) >= 11 is 6.13. The topological polar surface area (TPSA) is 29.1 Å². The van der Waals surface area contributed by atoms with Crippen molar-refractivity contribution in [1.29, 1.82) is 0 Å². The summed E-state index contributed by atoms with van der Waals surface area (Å²) < 4.78 is 0. The quantitative estimate of drug-likeness (QED) is 0.500. The molecule has 1 unspecified atom stereocenters. The average Bonchev–Trinajstić information content (AvgIpc) is 2.56. The van der Waals surface area contributed by atoms with E-state index in [-0.39, 0.29) is 44.3 Å². The minimum atomic E-state index is -1.17. The second-order valence-corrected chi connectivity index (χ2v) is 12.3. The van der Waals surface area contributed by atoms with E-state index in [1.165, 1.54) is 37.7 Å². The molecule has 5 heteroatoms. The maximum Gasteiger partial charge on any atom is 0.265 e. The average molecular weight is 458 g/mol. The Labute approximate surface area is 184 Å². The first kappa shape index (κ1) is 23.6. The van der Waals surface area contributed by atoms with Gasteiger partial charge in [-0.1, -0.05) is 24.9 Å². The third-order valence-corrected chi connectivity index (χ3v) is 11.3. The molecule has 2 rings (SSSR count). The molecule has 1 saturated heterocycles. The van der Waals surface area contributed by atoms with Crippen LogP contribution in [0, 0.1) is 13.8 Å². The molecule has 1 fully saturated rings. The van der Waals surface area contributed by atoms with Crippen LogP contribution in [0.4, 0.5) is 5.69 Å². The molecule has 1 heterocycles. The van der Waals surface area contributed by atoms with Gasteiger partial charge in [0, 0.05) is 50.7 Å². The number of hydrogen-bond donors (Lipinski definition) is 1. The molecule has 1 aliphatic heterocycles. The summed E-state index contributed by atoms with van der Waals surface area (Å²) in [5.74, 6) is 0.252. The van der Waals surface area contributed by atoms with Gasteiger partial charge in [-0.05, 0) is 69.7 Å². The molecule has 0 saturated carbocycles. The predicted octanol–water partition coefficient (Wildman–Crippen LogP) is 6.28. The van der Waals surface area contributed by atoms with Gasteiger partial charge in [0.25, 0.3) is 5.91 Å². The van der Waals surface area contributed by atoms with Crippen LogP contribution in [0.2, 0.25) is 5.02 Å². The number of rotatable bonds is 6. The molecule has 2 nitrogen and oxygen atoms in total. The zero-order chi connectivity index (χ0) is 17.7. The standard InChI is InChI=1S/C20H31ClNOP.Y/c1-5-10-18(24(6-2)11-8-7-9-12-24)20(23)22-19-15(3)13-17(21)14-16(19)4;/h13-14,18H,5-12H2,1-4H3;/p+1. The largest absolute Gasteiger partial charge is 0.322 e. The molecule has 0 spiro atoms. The van der Waals surface area contributed by atoms with E-state index < -0.39 is 7.26 Å². The van der Waals surface area contributed by atoms with E-state index in [1.807, 2.05) is 26.0 Å². The van der Waals surface area contributed by atoms with E-state index in [1.54, 1.807) is 0 Å². The van der Waals surface area contributed by atoms with Crippen LogP contribution in [0.3, 0.4) is 0 Å². The summed E-state index contributed by atoms with van der Waals surface area (Å²) in [7, 11) is -1.17. The molecule has 1 N–H and O–H groups in total. The predicted molar refractivity (Wildman–Crippen MR) is 109 cm³/mol. The van der Waals surface area contributed by atoms with Crippen LogP contribution in [0.15, 0.2) is 12.1 Å². The van der Waals surface area contributed by atoms with Crippen molar-refractivity contribution in [2.24, 2.45) is 0 Å². The molecule has 1 aromatic carbocycles. The number of carbonyl (C=O) groups is 1. The number of hydrogen-bond acceptors (Lipinski definition) is 1. The Morgan fingerprint density at radius 1 is 1.16 bits per heavy atom. The van der Waals surface area contributed by atoms with Gasteiger partial charge in [0.2, 0.25) is 0 Å². The molecular weight excluding hydrogens is 426 g/mol. The molecule has 0 aromatic heterocycles. The molecule has 25 heavy (non-hydrogen) atoms. The fourth-order valence-corrected chi connectivity index (χ4v) is 9.55. The molecule has 1 atom stereocenters. The fourth-order valence-electron chi connectivity index (χ4n) is 4.23. The maximum atomic E-state index is 13.2. The van der Waals surface area contributed by atoms with E-state index in [2.05, 4.69) is 19.2 Å². The smallest absolute Gasteiger partial charge is 0.265 e. The van der Waals surface area contributed by atoms with E-state index in [0.717, 1.165) is 34.7 Å². The summed E-state index contributed by atoms with van der Waals surface area (Å²) in [6.07, 6.45) is 9.90. The van der Waals surface area contributed by atoms with E-state index >= 15 is 0 Å². The van der Waals surface area contributed by atoms with Gasteiger partial charge in [0.15, 0.2) is 0 Å². The van der Waals surface area contributed by atoms with Crippen molar-refractivity contribution in [2.75, 3.05) is 23.8 Å². The minimum Gasteiger partial charge on any atom is -0.322 e. The van der Waals surface area contributed by atoms with E-state index in [4.69, 9.17) is 11.6 Å². The third-order valence-electron chi connectivity index (χ3n) is 5.61. The molecule has 0 aliphatic carbocycles. The van der Waals surface area contributed by atoms with Gasteiger partial charge in [-0.25, -0.2) is 0 Å². The van der Waals surface area contributed by atoms with Gasteiger partial charge in [-0.2, -0.15) is 0 Å². The second kappa shape index (κ2) is 10.7. The van der Waals surface area contributed by atoms with Crippen molar-refractivity contribution in [3.63, 3.8) is 0 Å². The van der Waals surface area contributed by atoms with Gasteiger partial charge in [0.05, 0.1) is 18.5 Å². The molecule has 1 radical (unpaired) electrons. The van der Waals surface area contributed by atoms with Gasteiger partial charge in [0.1, 0.15) is 5.66 Å². The Balaban J connectivity index is 0.00000312. The fraction of sp³-hybridized carbons (Fsp3) is 0.650. The third kappa shape index (κ3) is 5.74. The number of benzene rings is 1. The number of nitrogens with one attached hydrogen (secondary N) is 1. The first-order valence-corrected chi connectivity index (χ1v) is 12.2. The van der Waals surface area contributed by atoms with Crippen LogP contribution in [0.1, 0.15) is 57.1 Å². The molecule has 1 amide bonds. The van der Waals surface area contributed by atoms with Crippen molar-refractivity contribution < 1.29 is 37.5 Å². The Morgan fingerprint density at radius 2 is 1.72 bits per heavy atom. The van der Waals surface area contributed by atoms with Crippen molar-refractivity contribution in [3.8, 4) is 0 Å². The Bertz CT molecular complexity index is 564. The van der Waals surface area contributed by atoms with Gasteiger partial charge < -0.3 is 5.32 Å². The molecule has 1 aliphatic rings. The Kier molecular flexibility index (Phi) is 10.1. The summed E-state index contributed by atoms with van der Waals surface area (Å²) in [5.41, 5.74) is 3.28. The summed E-state index contributed by atoms with van der Waals surface area (Å²) in [5, 5.41) is 4.01. The number of amides is 1. The van der Waals surface area contributed by atoms with Crippen LogP contribution in [-0.4, -0.2) is 30.1 Å². The first-order valence-electron chi connectivity index (χ1n) is 9.37. The van der Waals surface area contributed by atoms with Crippen molar-refractivity contribution in [3.05, 3.63) is 28.3 Å². The Hall–Kier alpha value is 0.514. The van der Waals surface area contributed by atoms with Crippen LogP contribution < -0.4 is 5.32 Å². The Morgan fingerprint density at radius 3 is 2.20 bits per heavy atom. The van der Waals surface area contributed by atoms with Gasteiger partial charge >= 0.3 is 0 Å². The van der Waals surface area contributed by atoms with Crippen LogP contribution in [-0.2, 0) is 37.5 Å². The van der Waals surface area contributed by atoms with Crippen LogP contribution in [0.5, 0.6) is 0 Å². The van der Waals surface area contributed by atoms with E-state index in [0.29, 0.717) is 0 Å². The minimum absolute atomic E-state index is 0. The summed E-state index contributed by atoms with van der Waals surface area (Å²) in [6, 6.07) is 3.87. The first-order chi connectivity index (χ1) is 11.4. The number of carbonyl (C=O) groups excluding carboxylic acids is 1. The maximum absolute atomic E-state index is 13.2. The van der Waals surface area contributed by atoms with Crippen LogP contribution >= 0.6 is 18.9 Å². The number of halogens is 1. The molecule has 1 aromatic rings. The van der Waals surface area contributed by atoms with Gasteiger partial charge in [-0.3, -0.25) is 4.79 Å². The number of anilines is 1. The normalized spacial score (nSPS) is 17.5. The monoisotopic (exact) mass is 457 g/mol. The molecule has 0 bridgehead atoms.